The molecule has 3 rings (SSSR count). The quantitative estimate of drug-likeness (QED) is 0.890. The van der Waals surface area contributed by atoms with E-state index in [2.05, 4.69) is 4.98 Å². The van der Waals surface area contributed by atoms with Crippen LogP contribution in [-0.2, 0) is 0 Å². The summed E-state index contributed by atoms with van der Waals surface area (Å²) < 4.78 is 39.5. The number of nitrogens with zero attached hydrogens (tertiary/aromatic N) is 2. The van der Waals surface area contributed by atoms with Gasteiger partial charge in [-0.05, 0) is 24.9 Å². The molecule has 0 unspecified atom stereocenters. The van der Waals surface area contributed by atoms with Crippen molar-refractivity contribution in [2.75, 3.05) is 17.2 Å². The highest BCUT2D eigenvalue weighted by Gasteiger charge is 2.27. The maximum Gasteiger partial charge on any atom is 0.180 e. The van der Waals surface area contributed by atoms with E-state index in [4.69, 9.17) is 12.6 Å². The molecule has 0 aliphatic carbocycles. The average Bonchev–Trinajstić information content (AvgIpc) is 3.12. The highest BCUT2D eigenvalue weighted by Crippen LogP contribution is 2.36. The topological polar surface area (TPSA) is 42.1 Å². The minimum Gasteiger partial charge on any atom is -0.375 e. The molecule has 3 nitrogen and oxygen atoms in total. The van der Waals surface area contributed by atoms with Crippen molar-refractivity contribution in [2.45, 2.75) is 18.9 Å². The summed E-state index contributed by atoms with van der Waals surface area (Å²) in [4.78, 5) is 6.15. The van der Waals surface area contributed by atoms with Crippen molar-refractivity contribution in [3.05, 3.63) is 41.3 Å². The maximum absolute atomic E-state index is 8.10. The van der Waals surface area contributed by atoms with Gasteiger partial charge in [-0.15, -0.1) is 11.3 Å². The zero-order valence-electron chi connectivity index (χ0n) is 14.2. The van der Waals surface area contributed by atoms with Crippen molar-refractivity contribution in [1.29, 1.82) is 0 Å². The van der Waals surface area contributed by atoms with Gasteiger partial charge in [-0.2, -0.15) is 0 Å². The fourth-order valence-electron chi connectivity index (χ4n) is 2.18. The summed E-state index contributed by atoms with van der Waals surface area (Å²) in [6.07, 6.45) is 1.70. The fourth-order valence-corrected chi connectivity index (χ4v) is 2.79. The number of hydrogen-bond acceptors (Lipinski definition) is 4. The Morgan fingerprint density at radius 3 is 2.94 bits per heavy atom. The summed E-state index contributed by atoms with van der Waals surface area (Å²) >= 11 is 1.35. The van der Waals surface area contributed by atoms with E-state index in [1.165, 1.54) is 11.3 Å². The third kappa shape index (κ3) is 2.00. The number of nitrogens with two attached hydrogens (primary N) is 1. The van der Waals surface area contributed by atoms with E-state index >= 15 is 0 Å². The molecule has 2 aromatic rings. The number of thiazole rings is 1. The van der Waals surface area contributed by atoms with E-state index in [1.54, 1.807) is 0 Å². The Kier molecular flexibility index (Phi) is 1.65. The van der Waals surface area contributed by atoms with E-state index < -0.39 is 0 Å². The monoisotopic (exact) mass is 250 g/mol. The minimum atomic E-state index is -0.368. The number of anilines is 2. The Morgan fingerprint density at radius 2 is 2.24 bits per heavy atom. The van der Waals surface area contributed by atoms with Crippen molar-refractivity contribution >= 4 is 22.2 Å². The second-order valence-electron chi connectivity index (χ2n) is 3.94. The lowest BCUT2D eigenvalue weighted by molar-refractivity contribution is 0.701. The molecule has 17 heavy (non-hydrogen) atoms. The summed E-state index contributed by atoms with van der Waals surface area (Å²) in [5.74, 6) is 0. The molecule has 1 fully saturated rings. The van der Waals surface area contributed by atoms with Crippen LogP contribution in [0.2, 0.25) is 0 Å². The third-order valence-electron chi connectivity index (χ3n) is 2.91. The van der Waals surface area contributed by atoms with E-state index in [0.29, 0.717) is 11.7 Å². The standard InChI is InChI=1S/C13H15N3S/c14-13-15-11(9-17-13)12-7-4-8-16(12)10-5-2-1-3-6-10/h1-3,5-6,9,12H,4,7-8H2,(H2,14,15)/t12-/m1/s1/i1D,2D,3D,5D,6D. The third-order valence-corrected chi connectivity index (χ3v) is 3.60. The molecular formula is C13H15N3S. The molecule has 1 aromatic carbocycles. The lowest BCUT2D eigenvalue weighted by Gasteiger charge is -2.25. The smallest absolute Gasteiger partial charge is 0.180 e. The van der Waals surface area contributed by atoms with Crippen molar-refractivity contribution in [3.8, 4) is 0 Å². The fraction of sp³-hybridized carbons (Fsp3) is 0.308. The molecule has 1 aliphatic heterocycles. The van der Waals surface area contributed by atoms with Crippen molar-refractivity contribution < 1.29 is 6.85 Å². The molecule has 1 saturated heterocycles. The number of rotatable bonds is 2. The molecule has 0 radical (unpaired) electrons. The second-order valence-corrected chi connectivity index (χ2v) is 4.83. The predicted octanol–water partition coefficient (Wildman–Crippen LogP) is 3.07. The van der Waals surface area contributed by atoms with Gasteiger partial charge in [-0.1, -0.05) is 18.1 Å². The zero-order chi connectivity index (χ0) is 16.0. The molecule has 0 amide bonds. The van der Waals surface area contributed by atoms with E-state index in [0.717, 1.165) is 18.5 Å². The lowest BCUT2D eigenvalue weighted by Crippen LogP contribution is -2.22. The summed E-state index contributed by atoms with van der Waals surface area (Å²) in [5.41, 5.74) is 6.74. The molecule has 0 bridgehead atoms. The molecule has 88 valence electrons. The summed E-state index contributed by atoms with van der Waals surface area (Å²) in [6, 6.07) is -1.41. The Morgan fingerprint density at radius 1 is 1.41 bits per heavy atom. The van der Waals surface area contributed by atoms with Crippen molar-refractivity contribution in [1.82, 2.24) is 4.98 Å². The van der Waals surface area contributed by atoms with Crippen LogP contribution < -0.4 is 10.6 Å². The first-order valence-electron chi connectivity index (χ1n) is 7.96. The van der Waals surface area contributed by atoms with Crippen molar-refractivity contribution in [3.63, 3.8) is 0 Å². The first-order chi connectivity index (χ1) is 10.4. The van der Waals surface area contributed by atoms with Gasteiger partial charge in [0.2, 0.25) is 0 Å². The van der Waals surface area contributed by atoms with Crippen LogP contribution in [0.1, 0.15) is 31.4 Å². The van der Waals surface area contributed by atoms with E-state index in [9.17, 15) is 0 Å². The van der Waals surface area contributed by atoms with Crippen LogP contribution in [0.3, 0.4) is 0 Å². The summed E-state index contributed by atoms with van der Waals surface area (Å²) in [6.45, 7) is 0.635. The first kappa shape index (κ1) is 6.40. The molecule has 1 atom stereocenters. The van der Waals surface area contributed by atoms with Crippen LogP contribution >= 0.6 is 11.3 Å². The summed E-state index contributed by atoms with van der Waals surface area (Å²) in [7, 11) is 0. The van der Waals surface area contributed by atoms with Crippen LogP contribution in [0.25, 0.3) is 0 Å². The van der Waals surface area contributed by atoms with E-state index in [1.807, 2.05) is 10.3 Å². The number of benzene rings is 1. The number of aromatic nitrogens is 1. The van der Waals surface area contributed by atoms with Gasteiger partial charge in [0.15, 0.2) is 5.13 Å². The molecular weight excluding hydrogens is 230 g/mol. The highest BCUT2D eigenvalue weighted by molar-refractivity contribution is 7.13. The average molecular weight is 250 g/mol. The van der Waals surface area contributed by atoms with Gasteiger partial charge in [0, 0.05) is 17.6 Å². The molecule has 2 heterocycles. The predicted molar refractivity (Wildman–Crippen MR) is 72.3 cm³/mol. The van der Waals surface area contributed by atoms with Crippen LogP contribution in [0.15, 0.2) is 35.6 Å². The Labute approximate surface area is 112 Å². The second kappa shape index (κ2) is 4.37. The molecule has 2 N–H and O–H groups in total. The maximum atomic E-state index is 8.10. The van der Waals surface area contributed by atoms with Gasteiger partial charge in [0.05, 0.1) is 18.6 Å². The highest BCUT2D eigenvalue weighted by atomic mass is 32.1. The number of nitrogen functional groups attached to an aromatic ring is 1. The Balaban J connectivity index is 2.10. The Hall–Kier alpha value is -1.55. The molecule has 4 heteroatoms. The van der Waals surface area contributed by atoms with Gasteiger partial charge >= 0.3 is 0 Å². The van der Waals surface area contributed by atoms with Gasteiger partial charge in [0.25, 0.3) is 0 Å². The van der Waals surface area contributed by atoms with Gasteiger partial charge in [0.1, 0.15) is 0 Å². The van der Waals surface area contributed by atoms with Crippen LogP contribution in [0.5, 0.6) is 0 Å². The Bertz CT molecular complexity index is 704. The van der Waals surface area contributed by atoms with Crippen LogP contribution in [0.4, 0.5) is 10.8 Å². The van der Waals surface area contributed by atoms with E-state index in [-0.39, 0.29) is 41.9 Å². The van der Waals surface area contributed by atoms with Crippen LogP contribution in [-0.4, -0.2) is 11.5 Å². The largest absolute Gasteiger partial charge is 0.375 e. The number of hydrogen-bond donors (Lipinski definition) is 1. The number of para-hydroxylation sites is 1. The first-order valence-corrected chi connectivity index (χ1v) is 6.34. The van der Waals surface area contributed by atoms with Gasteiger partial charge < -0.3 is 10.6 Å². The van der Waals surface area contributed by atoms with Gasteiger partial charge in [-0.25, -0.2) is 4.98 Å². The zero-order valence-corrected chi connectivity index (χ0v) is 9.97. The molecule has 1 aromatic heterocycles. The lowest BCUT2D eigenvalue weighted by atomic mass is 10.1. The molecule has 1 aliphatic rings. The molecule has 0 saturated carbocycles. The minimum absolute atomic E-state index is 0.0999. The summed E-state index contributed by atoms with van der Waals surface area (Å²) in [5, 5.41) is 2.34. The molecule has 0 spiro atoms. The van der Waals surface area contributed by atoms with Crippen molar-refractivity contribution in [2.24, 2.45) is 0 Å². The van der Waals surface area contributed by atoms with Crippen LogP contribution in [0, 0.1) is 0 Å². The normalized spacial score (nSPS) is 23.9. The van der Waals surface area contributed by atoms with Gasteiger partial charge in [-0.3, -0.25) is 0 Å². The SMILES string of the molecule is [2H]c1c([2H])c([2H])c(N2CCC[C@@H]2c2csc(N)n2)c([2H])c1[2H].